The lowest BCUT2D eigenvalue weighted by Crippen LogP contribution is -2.15. The molecule has 0 heterocycles. The van der Waals surface area contributed by atoms with E-state index in [-0.39, 0.29) is 5.97 Å². The van der Waals surface area contributed by atoms with E-state index in [9.17, 15) is 4.79 Å². The zero-order valence-corrected chi connectivity index (χ0v) is 11.0. The van der Waals surface area contributed by atoms with Crippen LogP contribution in [0, 0.1) is 0 Å². The average molecular weight is 190 g/mol. The number of hydrogen-bond acceptors (Lipinski definition) is 3. The molecule has 3 nitrogen and oxygen atoms in total. The minimum absolute atomic E-state index is 0.333. The zero-order chi connectivity index (χ0) is 8.69. The van der Waals surface area contributed by atoms with Gasteiger partial charge in [-0.3, -0.25) is 0 Å². The van der Waals surface area contributed by atoms with Crippen molar-refractivity contribution in [3.8, 4) is 0 Å². The molecule has 0 aliphatic rings. The van der Waals surface area contributed by atoms with E-state index in [1.807, 2.05) is 0 Å². The highest BCUT2D eigenvalue weighted by molar-refractivity contribution is 6.13. The summed E-state index contributed by atoms with van der Waals surface area (Å²) in [6.45, 7) is 3.73. The van der Waals surface area contributed by atoms with E-state index in [0.717, 1.165) is 27.1 Å². The van der Waals surface area contributed by atoms with Crippen LogP contribution in [0.3, 0.4) is 0 Å². The molecule has 0 spiro atoms. The van der Waals surface area contributed by atoms with E-state index in [1.165, 1.54) is 6.08 Å². The fraction of sp³-hybridized carbons (Fsp3) is 0.500. The number of hydrogen-bond donors (Lipinski definition) is 0. The Morgan fingerprint density at radius 1 is 1.73 bits per heavy atom. The van der Waals surface area contributed by atoms with Crippen LogP contribution < -0.4 is 0 Å². The van der Waals surface area contributed by atoms with Gasteiger partial charge in [-0.1, -0.05) is 6.58 Å². The molecule has 0 bridgehead atoms. The van der Waals surface area contributed by atoms with Gasteiger partial charge >= 0.3 is 5.97 Å². The lowest BCUT2D eigenvalue weighted by molar-refractivity contribution is -0.138. The van der Waals surface area contributed by atoms with Crippen LogP contribution >= 0.6 is 0 Å². The molecular formula is C6H14O3Si2. The van der Waals surface area contributed by atoms with E-state index in [4.69, 9.17) is 9.16 Å². The highest BCUT2D eigenvalue weighted by Gasteiger charge is 2.00. The Bertz CT molecular complexity index is 138. The van der Waals surface area contributed by atoms with Crippen LogP contribution in [0.2, 0.25) is 0 Å². The monoisotopic (exact) mass is 190 g/mol. The van der Waals surface area contributed by atoms with Crippen molar-refractivity contribution >= 4 is 26.7 Å². The van der Waals surface area contributed by atoms with Crippen molar-refractivity contribution < 1.29 is 14.0 Å². The van der Waals surface area contributed by atoms with Gasteiger partial charge in [-0.15, -0.1) is 0 Å². The van der Waals surface area contributed by atoms with Crippen LogP contribution in [-0.2, 0) is 14.0 Å². The Labute approximate surface area is 72.7 Å². The first-order chi connectivity index (χ1) is 5.20. The van der Waals surface area contributed by atoms with Crippen molar-refractivity contribution in [3.05, 3.63) is 12.7 Å². The van der Waals surface area contributed by atoms with Gasteiger partial charge in [-0.05, 0) is 0 Å². The van der Waals surface area contributed by atoms with Gasteiger partial charge in [0.15, 0.2) is 0 Å². The van der Waals surface area contributed by atoms with Gasteiger partial charge < -0.3 is 9.16 Å². The number of esters is 1. The van der Waals surface area contributed by atoms with E-state index < -0.39 is 0 Å². The summed E-state index contributed by atoms with van der Waals surface area (Å²) in [6, 6.07) is 0. The summed E-state index contributed by atoms with van der Waals surface area (Å²) >= 11 is 0. The molecule has 11 heavy (non-hydrogen) atoms. The molecule has 0 aromatic rings. The van der Waals surface area contributed by atoms with Gasteiger partial charge in [0.1, 0.15) is 10.5 Å². The van der Waals surface area contributed by atoms with Crippen LogP contribution in [-0.4, -0.2) is 39.0 Å². The number of carbonyl (C=O) groups excluding carboxylic acids is 1. The number of rotatable bonds is 5. The minimum atomic E-state index is -0.354. The normalized spacial score (nSPS) is 12.7. The standard InChI is InChI=1S/C6H14O3Si2/c1-2-5(7)8-4-3-6(10)9-11/h2,6H,1,3-4H2,10-11H3. The second-order valence-electron chi connectivity index (χ2n) is 2.21. The molecule has 0 aliphatic carbocycles. The molecule has 0 radical (unpaired) electrons. The van der Waals surface area contributed by atoms with Crippen molar-refractivity contribution in [1.29, 1.82) is 0 Å². The van der Waals surface area contributed by atoms with Gasteiger partial charge in [0.05, 0.1) is 6.61 Å². The van der Waals surface area contributed by atoms with Crippen molar-refractivity contribution in [2.45, 2.75) is 12.1 Å². The van der Waals surface area contributed by atoms with Crippen molar-refractivity contribution in [2.24, 2.45) is 0 Å². The molecule has 0 aromatic heterocycles. The molecule has 0 N–H and O–H groups in total. The molecule has 0 saturated heterocycles. The third-order valence-electron chi connectivity index (χ3n) is 1.34. The smallest absolute Gasteiger partial charge is 0.330 e. The van der Waals surface area contributed by atoms with Crippen LogP contribution in [0.15, 0.2) is 12.7 Å². The van der Waals surface area contributed by atoms with Crippen LogP contribution in [0.25, 0.3) is 0 Å². The molecule has 5 heteroatoms. The highest BCUT2D eigenvalue weighted by atomic mass is 28.2. The van der Waals surface area contributed by atoms with Crippen molar-refractivity contribution in [1.82, 2.24) is 0 Å². The highest BCUT2D eigenvalue weighted by Crippen LogP contribution is 1.91. The second kappa shape index (κ2) is 6.32. The molecule has 0 rings (SSSR count). The van der Waals surface area contributed by atoms with Crippen LogP contribution in [0.5, 0.6) is 0 Å². The Balaban J connectivity index is 3.26. The first-order valence-electron chi connectivity index (χ1n) is 3.52. The summed E-state index contributed by atoms with van der Waals surface area (Å²) in [4.78, 5) is 10.5. The fourth-order valence-corrected chi connectivity index (χ4v) is 0.974. The Kier molecular flexibility index (Phi) is 6.09. The zero-order valence-electron chi connectivity index (χ0n) is 7.00. The Morgan fingerprint density at radius 3 is 2.82 bits per heavy atom. The number of carbonyl (C=O) groups is 1. The largest absolute Gasteiger partial charge is 0.462 e. The molecular weight excluding hydrogens is 176 g/mol. The predicted octanol–water partition coefficient (Wildman–Crippen LogP) is -1.91. The third-order valence-corrected chi connectivity index (χ3v) is 4.13. The maximum absolute atomic E-state index is 10.5. The molecule has 64 valence electrons. The lowest BCUT2D eigenvalue weighted by Gasteiger charge is -2.08. The maximum atomic E-state index is 10.5. The third kappa shape index (κ3) is 6.02. The molecule has 0 aliphatic heterocycles. The molecule has 0 aromatic carbocycles. The van der Waals surface area contributed by atoms with Gasteiger partial charge in [-0.2, -0.15) is 0 Å². The second-order valence-corrected chi connectivity index (χ2v) is 3.97. The summed E-state index contributed by atoms with van der Waals surface area (Å²) in [6.07, 6.45) is 1.99. The molecule has 0 fully saturated rings. The minimum Gasteiger partial charge on any atom is -0.462 e. The maximum Gasteiger partial charge on any atom is 0.330 e. The van der Waals surface area contributed by atoms with Crippen molar-refractivity contribution in [3.63, 3.8) is 0 Å². The first kappa shape index (κ1) is 10.6. The Morgan fingerprint density at radius 2 is 2.36 bits per heavy atom. The quantitative estimate of drug-likeness (QED) is 0.288. The number of ether oxygens (including phenoxy) is 1. The molecule has 0 amide bonds. The predicted molar refractivity (Wildman–Crippen MR) is 50.5 cm³/mol. The molecule has 1 atom stereocenters. The summed E-state index contributed by atoms with van der Waals surface area (Å²) in [5.41, 5.74) is 0.333. The fourth-order valence-electron chi connectivity index (χ4n) is 0.502. The summed E-state index contributed by atoms with van der Waals surface area (Å²) < 4.78 is 9.91. The molecule has 0 saturated carbocycles. The summed E-state index contributed by atoms with van der Waals surface area (Å²) in [5, 5.41) is 0. The van der Waals surface area contributed by atoms with E-state index in [2.05, 4.69) is 6.58 Å². The van der Waals surface area contributed by atoms with Crippen LogP contribution in [0.4, 0.5) is 0 Å². The average Bonchev–Trinajstić information content (AvgIpc) is 2.04. The van der Waals surface area contributed by atoms with E-state index in [0.29, 0.717) is 12.3 Å². The molecule has 1 unspecified atom stereocenters. The van der Waals surface area contributed by atoms with Crippen LogP contribution in [0.1, 0.15) is 6.42 Å². The Hall–Kier alpha value is -0.396. The SMILES string of the molecule is C=CC(=O)OCCC([SiH3])O[SiH3]. The van der Waals surface area contributed by atoms with Gasteiger partial charge in [0.25, 0.3) is 0 Å². The van der Waals surface area contributed by atoms with E-state index in [1.54, 1.807) is 0 Å². The lowest BCUT2D eigenvalue weighted by atomic mass is 10.5. The van der Waals surface area contributed by atoms with Crippen molar-refractivity contribution in [2.75, 3.05) is 6.61 Å². The summed E-state index contributed by atoms with van der Waals surface area (Å²) in [7, 11) is 1.76. The van der Waals surface area contributed by atoms with Gasteiger partial charge in [0, 0.05) is 28.5 Å². The van der Waals surface area contributed by atoms with E-state index >= 15 is 0 Å². The first-order valence-corrected chi connectivity index (χ1v) is 5.49. The summed E-state index contributed by atoms with van der Waals surface area (Å²) in [5.74, 6) is -0.354. The van der Waals surface area contributed by atoms with Gasteiger partial charge in [0.2, 0.25) is 0 Å². The topological polar surface area (TPSA) is 35.5 Å². The van der Waals surface area contributed by atoms with Gasteiger partial charge in [-0.25, -0.2) is 4.79 Å².